The van der Waals surface area contributed by atoms with Crippen molar-refractivity contribution in [2.45, 2.75) is 38.9 Å². The molecule has 0 spiro atoms. The smallest absolute Gasteiger partial charge is 0.431 e. The SMILES string of the molecule is COc1cccc(C(CCO)ONC(=O)OC(C)(C)C)c1. The summed E-state index contributed by atoms with van der Waals surface area (Å²) in [6, 6.07) is 7.24. The number of rotatable bonds is 6. The molecule has 1 atom stereocenters. The van der Waals surface area contributed by atoms with Gasteiger partial charge in [0.25, 0.3) is 0 Å². The molecule has 0 aromatic heterocycles. The molecule has 0 fully saturated rings. The molecule has 1 amide bonds. The van der Waals surface area contributed by atoms with Crippen molar-refractivity contribution in [3.05, 3.63) is 29.8 Å². The predicted octanol–water partition coefficient (Wildman–Crippen LogP) is 2.58. The first-order chi connectivity index (χ1) is 9.85. The van der Waals surface area contributed by atoms with Crippen LogP contribution in [-0.2, 0) is 9.57 Å². The van der Waals surface area contributed by atoms with Crippen LogP contribution in [0.4, 0.5) is 4.79 Å². The van der Waals surface area contributed by atoms with Crippen molar-refractivity contribution >= 4 is 6.09 Å². The molecule has 0 aliphatic rings. The van der Waals surface area contributed by atoms with Gasteiger partial charge in [-0.15, -0.1) is 0 Å². The Kier molecular flexibility index (Phi) is 6.45. The third-order valence-electron chi connectivity index (χ3n) is 2.54. The maximum absolute atomic E-state index is 11.6. The highest BCUT2D eigenvalue weighted by Crippen LogP contribution is 2.24. The number of amides is 1. The molecule has 0 bridgehead atoms. The second-order valence-corrected chi connectivity index (χ2v) is 5.50. The number of hydroxylamine groups is 1. The number of nitrogens with one attached hydrogen (secondary N) is 1. The fourth-order valence-corrected chi connectivity index (χ4v) is 1.67. The van der Waals surface area contributed by atoms with Crippen LogP contribution in [0.3, 0.4) is 0 Å². The largest absolute Gasteiger partial charge is 0.497 e. The van der Waals surface area contributed by atoms with Crippen LogP contribution in [0.1, 0.15) is 38.9 Å². The molecule has 0 heterocycles. The number of hydrogen-bond donors (Lipinski definition) is 2. The summed E-state index contributed by atoms with van der Waals surface area (Å²) in [7, 11) is 1.57. The number of aliphatic hydroxyl groups excluding tert-OH is 1. The minimum Gasteiger partial charge on any atom is -0.497 e. The lowest BCUT2D eigenvalue weighted by Crippen LogP contribution is -2.33. The predicted molar refractivity (Wildman–Crippen MR) is 77.9 cm³/mol. The summed E-state index contributed by atoms with van der Waals surface area (Å²) in [5, 5.41) is 9.12. The lowest BCUT2D eigenvalue weighted by atomic mass is 10.1. The van der Waals surface area contributed by atoms with Crippen molar-refractivity contribution < 1.29 is 24.2 Å². The van der Waals surface area contributed by atoms with Crippen molar-refractivity contribution in [2.75, 3.05) is 13.7 Å². The summed E-state index contributed by atoms with van der Waals surface area (Å²) in [6.07, 6.45) is -0.825. The van der Waals surface area contributed by atoms with Gasteiger partial charge in [0.15, 0.2) is 0 Å². The highest BCUT2D eigenvalue weighted by molar-refractivity contribution is 5.66. The molecule has 0 saturated heterocycles. The van der Waals surface area contributed by atoms with Crippen LogP contribution in [0.15, 0.2) is 24.3 Å². The van der Waals surface area contributed by atoms with Crippen LogP contribution in [0, 0.1) is 0 Å². The summed E-state index contributed by atoms with van der Waals surface area (Å²) in [5.41, 5.74) is 2.44. The second kappa shape index (κ2) is 7.85. The number of carbonyl (C=O) groups is 1. The molecule has 2 N–H and O–H groups in total. The summed E-state index contributed by atoms with van der Waals surface area (Å²) < 4.78 is 10.2. The van der Waals surface area contributed by atoms with Gasteiger partial charge in [0.1, 0.15) is 17.5 Å². The number of hydrogen-bond acceptors (Lipinski definition) is 5. The average Bonchev–Trinajstić information content (AvgIpc) is 2.41. The van der Waals surface area contributed by atoms with E-state index in [-0.39, 0.29) is 6.61 Å². The molecule has 1 unspecified atom stereocenters. The van der Waals surface area contributed by atoms with Gasteiger partial charge in [-0.2, -0.15) is 5.48 Å². The summed E-state index contributed by atoms with van der Waals surface area (Å²) >= 11 is 0. The van der Waals surface area contributed by atoms with Crippen molar-refractivity contribution in [1.82, 2.24) is 5.48 Å². The van der Waals surface area contributed by atoms with Gasteiger partial charge in [-0.1, -0.05) is 12.1 Å². The quantitative estimate of drug-likeness (QED) is 0.789. The van der Waals surface area contributed by atoms with Crippen LogP contribution in [-0.4, -0.2) is 30.5 Å². The molecular formula is C15H23NO5. The lowest BCUT2D eigenvalue weighted by Gasteiger charge is -2.22. The zero-order valence-electron chi connectivity index (χ0n) is 12.9. The van der Waals surface area contributed by atoms with E-state index in [0.717, 1.165) is 5.56 Å². The molecule has 118 valence electrons. The minimum absolute atomic E-state index is 0.0716. The van der Waals surface area contributed by atoms with Crippen LogP contribution < -0.4 is 10.2 Å². The van der Waals surface area contributed by atoms with E-state index in [1.54, 1.807) is 40.0 Å². The third kappa shape index (κ3) is 6.46. The van der Waals surface area contributed by atoms with E-state index in [4.69, 9.17) is 19.4 Å². The maximum atomic E-state index is 11.6. The number of carbonyl (C=O) groups excluding carboxylic acids is 1. The summed E-state index contributed by atoms with van der Waals surface area (Å²) in [6.45, 7) is 5.22. The number of ether oxygens (including phenoxy) is 2. The van der Waals surface area contributed by atoms with Crippen molar-refractivity contribution in [1.29, 1.82) is 0 Å². The summed E-state index contributed by atoms with van der Waals surface area (Å²) in [4.78, 5) is 16.9. The van der Waals surface area contributed by atoms with Gasteiger partial charge in [-0.3, -0.25) is 4.84 Å². The van der Waals surface area contributed by atoms with E-state index < -0.39 is 17.8 Å². The number of benzene rings is 1. The zero-order valence-corrected chi connectivity index (χ0v) is 12.9. The Bertz CT molecular complexity index is 456. The first kappa shape index (κ1) is 17.3. The first-order valence-corrected chi connectivity index (χ1v) is 6.75. The van der Waals surface area contributed by atoms with E-state index in [9.17, 15) is 4.79 Å². The molecule has 6 heteroatoms. The fourth-order valence-electron chi connectivity index (χ4n) is 1.67. The van der Waals surface area contributed by atoms with Crippen LogP contribution >= 0.6 is 0 Å². The molecule has 0 radical (unpaired) electrons. The third-order valence-corrected chi connectivity index (χ3v) is 2.54. The van der Waals surface area contributed by atoms with Gasteiger partial charge in [0.05, 0.1) is 7.11 Å². The lowest BCUT2D eigenvalue weighted by molar-refractivity contribution is -0.0506. The van der Waals surface area contributed by atoms with Crippen LogP contribution in [0.5, 0.6) is 5.75 Å². The monoisotopic (exact) mass is 297 g/mol. The molecule has 0 saturated carbocycles. The molecule has 1 rings (SSSR count). The van der Waals surface area contributed by atoms with Crippen molar-refractivity contribution in [3.63, 3.8) is 0 Å². The van der Waals surface area contributed by atoms with E-state index in [2.05, 4.69) is 5.48 Å². The van der Waals surface area contributed by atoms with Gasteiger partial charge >= 0.3 is 6.09 Å². The van der Waals surface area contributed by atoms with E-state index in [1.807, 2.05) is 12.1 Å². The Morgan fingerprint density at radius 1 is 1.38 bits per heavy atom. The van der Waals surface area contributed by atoms with Crippen LogP contribution in [0.2, 0.25) is 0 Å². The Morgan fingerprint density at radius 2 is 2.10 bits per heavy atom. The fraction of sp³-hybridized carbons (Fsp3) is 0.533. The molecule has 1 aromatic rings. The normalized spacial score (nSPS) is 12.6. The Hall–Kier alpha value is -1.79. The van der Waals surface area contributed by atoms with Crippen LogP contribution in [0.25, 0.3) is 0 Å². The highest BCUT2D eigenvalue weighted by Gasteiger charge is 2.19. The Labute approximate surface area is 125 Å². The Balaban J connectivity index is 2.67. The Morgan fingerprint density at radius 3 is 2.67 bits per heavy atom. The molecule has 0 aliphatic carbocycles. The van der Waals surface area contributed by atoms with Gasteiger partial charge < -0.3 is 14.6 Å². The molecular weight excluding hydrogens is 274 g/mol. The van der Waals surface area contributed by atoms with E-state index in [0.29, 0.717) is 12.2 Å². The first-order valence-electron chi connectivity index (χ1n) is 6.75. The number of aliphatic hydroxyl groups is 1. The topological polar surface area (TPSA) is 77.0 Å². The zero-order chi connectivity index (χ0) is 15.9. The standard InChI is InChI=1S/C15H23NO5/c1-15(2,3)20-14(18)16-21-13(8-9-17)11-6-5-7-12(10-11)19-4/h5-7,10,13,17H,8-9H2,1-4H3,(H,16,18). The van der Waals surface area contributed by atoms with Gasteiger partial charge in [-0.25, -0.2) is 4.79 Å². The van der Waals surface area contributed by atoms with Gasteiger partial charge in [-0.05, 0) is 38.5 Å². The second-order valence-electron chi connectivity index (χ2n) is 5.50. The average molecular weight is 297 g/mol. The van der Waals surface area contributed by atoms with Crippen molar-refractivity contribution in [3.8, 4) is 5.75 Å². The molecule has 0 aliphatic heterocycles. The maximum Gasteiger partial charge on any atom is 0.431 e. The van der Waals surface area contributed by atoms with E-state index >= 15 is 0 Å². The number of methoxy groups -OCH3 is 1. The molecule has 1 aromatic carbocycles. The van der Waals surface area contributed by atoms with Gasteiger partial charge in [0.2, 0.25) is 0 Å². The van der Waals surface area contributed by atoms with E-state index in [1.165, 1.54) is 0 Å². The summed E-state index contributed by atoms with van der Waals surface area (Å²) in [5.74, 6) is 0.677. The molecule has 6 nitrogen and oxygen atoms in total. The minimum atomic E-state index is -0.673. The van der Waals surface area contributed by atoms with Gasteiger partial charge in [0, 0.05) is 13.0 Å². The molecule has 21 heavy (non-hydrogen) atoms. The van der Waals surface area contributed by atoms with Crippen molar-refractivity contribution in [2.24, 2.45) is 0 Å². The highest BCUT2D eigenvalue weighted by atomic mass is 16.7.